The van der Waals surface area contributed by atoms with Crippen LogP contribution >= 0.6 is 11.6 Å². The molecule has 3 N–H and O–H groups in total. The minimum absolute atomic E-state index is 0.182. The summed E-state index contributed by atoms with van der Waals surface area (Å²) in [6, 6.07) is 1.71. The van der Waals surface area contributed by atoms with Gasteiger partial charge in [-0.25, -0.2) is 0 Å². The number of nitrogens with zero attached hydrogens (tertiary/aromatic N) is 2. The molecular formula is C6H5ClN4O. The van der Waals surface area contributed by atoms with Crippen LogP contribution in [0.3, 0.4) is 0 Å². The number of anilines is 1. The highest BCUT2D eigenvalue weighted by molar-refractivity contribution is 6.35. The molecule has 0 saturated heterocycles. The number of hydrogen-bond acceptors (Lipinski definition) is 4. The fraction of sp³-hybridized carbons (Fsp3) is 0. The molecule has 0 aliphatic carbocycles. The normalized spacial score (nSPS) is 10.4. The molecule has 0 saturated carbocycles. The molecule has 0 aliphatic rings. The fourth-order valence-corrected chi connectivity index (χ4v) is 1.01. The molecule has 0 atom stereocenters. The Morgan fingerprint density at radius 3 is 2.92 bits per heavy atom. The van der Waals surface area contributed by atoms with E-state index in [0.717, 1.165) is 0 Å². The van der Waals surface area contributed by atoms with Gasteiger partial charge in [-0.3, -0.25) is 5.10 Å². The van der Waals surface area contributed by atoms with E-state index in [2.05, 4.69) is 15.4 Å². The van der Waals surface area contributed by atoms with E-state index < -0.39 is 0 Å². The summed E-state index contributed by atoms with van der Waals surface area (Å²) < 4.78 is 4.86. The van der Waals surface area contributed by atoms with Crippen LogP contribution in [-0.2, 0) is 0 Å². The van der Waals surface area contributed by atoms with E-state index in [1.165, 1.54) is 0 Å². The maximum Gasteiger partial charge on any atom is 0.205 e. The molecule has 0 bridgehead atoms. The lowest BCUT2D eigenvalue weighted by atomic mass is 10.3. The topological polar surface area (TPSA) is 80.7 Å². The molecule has 6 heteroatoms. The van der Waals surface area contributed by atoms with Crippen molar-refractivity contribution in [2.45, 2.75) is 0 Å². The molecule has 2 aromatic rings. The quantitative estimate of drug-likeness (QED) is 0.700. The number of H-pyrrole nitrogens is 1. The average molecular weight is 185 g/mol. The zero-order valence-corrected chi connectivity index (χ0v) is 6.67. The average Bonchev–Trinajstić information content (AvgIpc) is 2.64. The van der Waals surface area contributed by atoms with Crippen LogP contribution in [0.4, 0.5) is 5.82 Å². The van der Waals surface area contributed by atoms with Gasteiger partial charge in [0.05, 0.1) is 0 Å². The number of aromatic nitrogens is 3. The van der Waals surface area contributed by atoms with Gasteiger partial charge in [0.25, 0.3) is 0 Å². The van der Waals surface area contributed by atoms with Gasteiger partial charge < -0.3 is 10.3 Å². The lowest BCUT2D eigenvalue weighted by Crippen LogP contribution is -1.83. The molecule has 62 valence electrons. The van der Waals surface area contributed by atoms with Gasteiger partial charge in [-0.1, -0.05) is 16.8 Å². The third kappa shape index (κ3) is 0.947. The Morgan fingerprint density at radius 1 is 1.58 bits per heavy atom. The second-order valence-corrected chi connectivity index (χ2v) is 2.56. The molecule has 0 aliphatic heterocycles. The van der Waals surface area contributed by atoms with Gasteiger partial charge in [0.15, 0.2) is 5.82 Å². The van der Waals surface area contributed by atoms with Crippen molar-refractivity contribution in [1.82, 2.24) is 15.4 Å². The van der Waals surface area contributed by atoms with Gasteiger partial charge in [-0.2, -0.15) is 5.10 Å². The number of hydrogen-bond donors (Lipinski definition) is 2. The van der Waals surface area contributed by atoms with E-state index in [1.54, 1.807) is 12.3 Å². The number of rotatable bonds is 1. The summed E-state index contributed by atoms with van der Waals surface area (Å²) in [5.74, 6) is 0.591. The highest BCUT2D eigenvalue weighted by Crippen LogP contribution is 2.30. The Labute approximate surface area is 72.5 Å². The number of nitrogens with one attached hydrogen (secondary N) is 1. The van der Waals surface area contributed by atoms with Crippen LogP contribution in [0.2, 0.25) is 5.02 Å². The van der Waals surface area contributed by atoms with Crippen LogP contribution in [0, 0.1) is 0 Å². The molecule has 0 fully saturated rings. The van der Waals surface area contributed by atoms with E-state index in [9.17, 15) is 0 Å². The van der Waals surface area contributed by atoms with Crippen LogP contribution in [0.25, 0.3) is 11.5 Å². The number of aromatic amines is 1. The maximum atomic E-state index is 5.77. The summed E-state index contributed by atoms with van der Waals surface area (Å²) in [6.07, 6.45) is 1.59. The predicted molar refractivity (Wildman–Crippen MR) is 43.5 cm³/mol. The van der Waals surface area contributed by atoms with Gasteiger partial charge in [0.2, 0.25) is 5.76 Å². The standard InChI is InChI=1S/C6H5ClN4O/c7-4-5(12-11-6(4)8)3-1-2-9-10-3/h1-2H,(H2,8,11)(H,9,10). The molecule has 12 heavy (non-hydrogen) atoms. The van der Waals surface area contributed by atoms with Gasteiger partial charge in [0.1, 0.15) is 10.7 Å². The molecule has 2 aromatic heterocycles. The summed E-state index contributed by atoms with van der Waals surface area (Å²) in [7, 11) is 0. The first-order chi connectivity index (χ1) is 5.79. The fourth-order valence-electron chi connectivity index (χ4n) is 0.841. The number of halogens is 1. The molecule has 0 unspecified atom stereocenters. The van der Waals surface area contributed by atoms with Crippen molar-refractivity contribution < 1.29 is 4.52 Å². The Balaban J connectivity index is 2.55. The van der Waals surface area contributed by atoms with E-state index in [4.69, 9.17) is 21.9 Å². The maximum absolute atomic E-state index is 5.77. The van der Waals surface area contributed by atoms with Crippen LogP contribution in [0.5, 0.6) is 0 Å². The van der Waals surface area contributed by atoms with E-state index in [1.807, 2.05) is 0 Å². The van der Waals surface area contributed by atoms with Gasteiger partial charge in [-0.15, -0.1) is 0 Å². The van der Waals surface area contributed by atoms with Gasteiger partial charge >= 0.3 is 0 Å². The zero-order chi connectivity index (χ0) is 8.55. The molecule has 5 nitrogen and oxygen atoms in total. The first kappa shape index (κ1) is 7.17. The summed E-state index contributed by atoms with van der Waals surface area (Å²) in [5, 5.41) is 10.2. The summed E-state index contributed by atoms with van der Waals surface area (Å²) in [4.78, 5) is 0. The van der Waals surface area contributed by atoms with Crippen molar-refractivity contribution >= 4 is 17.4 Å². The highest BCUT2D eigenvalue weighted by atomic mass is 35.5. The van der Waals surface area contributed by atoms with Crippen molar-refractivity contribution in [3.8, 4) is 11.5 Å². The van der Waals surface area contributed by atoms with Crippen molar-refractivity contribution in [2.24, 2.45) is 0 Å². The van der Waals surface area contributed by atoms with Crippen LogP contribution < -0.4 is 5.73 Å². The van der Waals surface area contributed by atoms with Crippen molar-refractivity contribution in [3.05, 3.63) is 17.3 Å². The minimum atomic E-state index is 0.182. The van der Waals surface area contributed by atoms with Crippen LogP contribution in [0.1, 0.15) is 0 Å². The molecule has 0 amide bonds. The first-order valence-electron chi connectivity index (χ1n) is 3.19. The van der Waals surface area contributed by atoms with E-state index in [-0.39, 0.29) is 5.82 Å². The minimum Gasteiger partial charge on any atom is -0.380 e. The van der Waals surface area contributed by atoms with Crippen molar-refractivity contribution in [3.63, 3.8) is 0 Å². The highest BCUT2D eigenvalue weighted by Gasteiger charge is 2.13. The number of nitrogen functional groups attached to an aromatic ring is 1. The van der Waals surface area contributed by atoms with E-state index in [0.29, 0.717) is 16.5 Å². The smallest absolute Gasteiger partial charge is 0.205 e. The summed E-state index contributed by atoms with van der Waals surface area (Å²) in [6.45, 7) is 0. The zero-order valence-electron chi connectivity index (χ0n) is 5.91. The first-order valence-corrected chi connectivity index (χ1v) is 3.57. The Bertz CT molecular complexity index is 380. The SMILES string of the molecule is Nc1noc(-c2ccn[nH]2)c1Cl. The van der Waals surface area contributed by atoms with Crippen LogP contribution in [-0.4, -0.2) is 15.4 Å². The molecule has 0 spiro atoms. The molecule has 0 radical (unpaired) electrons. The lowest BCUT2D eigenvalue weighted by molar-refractivity contribution is 0.434. The van der Waals surface area contributed by atoms with Gasteiger partial charge in [0, 0.05) is 6.20 Å². The van der Waals surface area contributed by atoms with E-state index >= 15 is 0 Å². The molecular weight excluding hydrogens is 180 g/mol. The second-order valence-electron chi connectivity index (χ2n) is 2.18. The monoisotopic (exact) mass is 184 g/mol. The summed E-state index contributed by atoms with van der Waals surface area (Å²) in [5.41, 5.74) is 6.03. The lowest BCUT2D eigenvalue weighted by Gasteiger charge is -1.87. The Morgan fingerprint density at radius 2 is 2.42 bits per heavy atom. The second kappa shape index (κ2) is 2.53. The summed E-state index contributed by atoms with van der Waals surface area (Å²) >= 11 is 5.77. The largest absolute Gasteiger partial charge is 0.380 e. The molecule has 2 rings (SSSR count). The van der Waals surface area contributed by atoms with Crippen LogP contribution in [0.15, 0.2) is 16.8 Å². The third-order valence-corrected chi connectivity index (χ3v) is 1.77. The Kier molecular flexibility index (Phi) is 1.51. The molecule has 2 heterocycles. The van der Waals surface area contributed by atoms with Crippen molar-refractivity contribution in [2.75, 3.05) is 5.73 Å². The number of nitrogens with two attached hydrogens (primary N) is 1. The third-order valence-electron chi connectivity index (χ3n) is 1.40. The molecule has 0 aromatic carbocycles. The predicted octanol–water partition coefficient (Wildman–Crippen LogP) is 1.30. The Hall–Kier alpha value is -1.49. The van der Waals surface area contributed by atoms with Gasteiger partial charge in [-0.05, 0) is 6.07 Å². The van der Waals surface area contributed by atoms with Crippen molar-refractivity contribution in [1.29, 1.82) is 0 Å².